The highest BCUT2D eigenvalue weighted by Gasteiger charge is 2.33. The molecule has 0 radical (unpaired) electrons. The second kappa shape index (κ2) is 8.91. The lowest BCUT2D eigenvalue weighted by atomic mass is 10.4. The van der Waals surface area contributed by atoms with Gasteiger partial charge in [0.15, 0.2) is 0 Å². The monoisotopic (exact) mass is 465 g/mol. The first-order chi connectivity index (χ1) is 8.64. The van der Waals surface area contributed by atoms with Crippen LogP contribution in [0.4, 0.5) is 0 Å². The molecule has 110 valence electrons. The SMILES string of the molecule is CC(=O)OCCN(CCOC(C)=O)C(=O)C(Br)(Br)Br. The van der Waals surface area contributed by atoms with Gasteiger partial charge in [-0.15, -0.1) is 0 Å². The molecule has 0 saturated heterocycles. The molecule has 0 saturated carbocycles. The van der Waals surface area contributed by atoms with Gasteiger partial charge in [0, 0.05) is 13.8 Å². The Kier molecular flexibility index (Phi) is 8.84. The molecule has 0 heterocycles. The third-order valence-electron chi connectivity index (χ3n) is 1.86. The van der Waals surface area contributed by atoms with Crippen LogP contribution in [0.15, 0.2) is 0 Å². The molecule has 0 aromatic rings. The number of hydrogen-bond donors (Lipinski definition) is 0. The topological polar surface area (TPSA) is 72.9 Å². The Morgan fingerprint density at radius 1 is 0.947 bits per heavy atom. The maximum Gasteiger partial charge on any atom is 0.302 e. The van der Waals surface area contributed by atoms with E-state index < -0.39 is 14.1 Å². The molecule has 19 heavy (non-hydrogen) atoms. The molecule has 0 aliphatic heterocycles. The van der Waals surface area contributed by atoms with Gasteiger partial charge in [0.2, 0.25) is 2.14 Å². The average molecular weight is 468 g/mol. The predicted molar refractivity (Wildman–Crippen MR) is 79.4 cm³/mol. The van der Waals surface area contributed by atoms with Gasteiger partial charge in [-0.2, -0.15) is 0 Å². The molecule has 0 aliphatic carbocycles. The van der Waals surface area contributed by atoms with Gasteiger partial charge in [0.25, 0.3) is 5.91 Å². The van der Waals surface area contributed by atoms with E-state index in [2.05, 4.69) is 47.8 Å². The van der Waals surface area contributed by atoms with Crippen LogP contribution >= 0.6 is 47.8 Å². The molecule has 0 N–H and O–H groups in total. The first-order valence-electron chi connectivity index (χ1n) is 5.27. The first kappa shape index (κ1) is 18.9. The molecule has 0 spiro atoms. The van der Waals surface area contributed by atoms with Crippen molar-refractivity contribution in [1.29, 1.82) is 0 Å². The summed E-state index contributed by atoms with van der Waals surface area (Å²) in [6.45, 7) is 3.12. The van der Waals surface area contributed by atoms with Crippen LogP contribution in [0.25, 0.3) is 0 Å². The molecular formula is C10H14Br3NO5. The van der Waals surface area contributed by atoms with E-state index in [1.54, 1.807) is 0 Å². The van der Waals surface area contributed by atoms with E-state index >= 15 is 0 Å². The minimum absolute atomic E-state index is 0.0736. The standard InChI is InChI=1S/C10H14Br3NO5/c1-7(15)18-5-3-14(4-6-19-8(2)16)9(17)10(11,12)13/h3-6H2,1-2H3. The summed E-state index contributed by atoms with van der Waals surface area (Å²) in [6.07, 6.45) is 0. The van der Waals surface area contributed by atoms with Crippen molar-refractivity contribution >= 4 is 65.6 Å². The van der Waals surface area contributed by atoms with Crippen LogP contribution in [-0.2, 0) is 23.9 Å². The fraction of sp³-hybridized carbons (Fsp3) is 0.700. The molecule has 0 aromatic heterocycles. The number of carbonyl (C=O) groups is 3. The molecule has 0 bridgehead atoms. The Balaban J connectivity index is 4.42. The van der Waals surface area contributed by atoms with Gasteiger partial charge in [-0.05, 0) is 47.8 Å². The number of amides is 1. The number of alkyl halides is 3. The van der Waals surface area contributed by atoms with E-state index in [0.717, 1.165) is 0 Å². The molecule has 0 rings (SSSR count). The zero-order valence-corrected chi connectivity index (χ0v) is 15.2. The maximum atomic E-state index is 12.0. The summed E-state index contributed by atoms with van der Waals surface area (Å²) in [6, 6.07) is 0. The van der Waals surface area contributed by atoms with Gasteiger partial charge in [0.1, 0.15) is 13.2 Å². The quantitative estimate of drug-likeness (QED) is 0.440. The molecule has 0 atom stereocenters. The summed E-state index contributed by atoms with van der Waals surface area (Å²) in [7, 11) is 0. The average Bonchev–Trinajstić information content (AvgIpc) is 2.23. The van der Waals surface area contributed by atoms with E-state index in [9.17, 15) is 14.4 Å². The molecule has 6 nitrogen and oxygen atoms in total. The molecule has 0 aromatic carbocycles. The zero-order chi connectivity index (χ0) is 15.1. The summed E-state index contributed by atoms with van der Waals surface area (Å²) in [5.41, 5.74) is 0. The van der Waals surface area contributed by atoms with Crippen LogP contribution in [0.2, 0.25) is 0 Å². The van der Waals surface area contributed by atoms with Crippen LogP contribution in [0.5, 0.6) is 0 Å². The van der Waals surface area contributed by atoms with Crippen molar-refractivity contribution in [3.05, 3.63) is 0 Å². The van der Waals surface area contributed by atoms with Crippen LogP contribution in [0, 0.1) is 0 Å². The second-order valence-corrected chi connectivity index (χ2v) is 10.2. The largest absolute Gasteiger partial charge is 0.464 e. The zero-order valence-electron chi connectivity index (χ0n) is 10.5. The minimum atomic E-state index is -1.10. The Bertz CT molecular complexity index is 323. The summed E-state index contributed by atoms with van der Waals surface area (Å²) in [5.74, 6) is -1.17. The molecule has 0 fully saturated rings. The van der Waals surface area contributed by atoms with Gasteiger partial charge in [-0.25, -0.2) is 0 Å². The van der Waals surface area contributed by atoms with E-state index in [1.807, 2.05) is 0 Å². The Labute approximate surface area is 136 Å². The Morgan fingerprint density at radius 2 is 1.32 bits per heavy atom. The Morgan fingerprint density at radius 3 is 1.58 bits per heavy atom. The van der Waals surface area contributed by atoms with Gasteiger partial charge in [-0.3, -0.25) is 14.4 Å². The lowest BCUT2D eigenvalue weighted by Crippen LogP contribution is -2.42. The highest BCUT2D eigenvalue weighted by molar-refractivity contribution is 9.40. The van der Waals surface area contributed by atoms with Gasteiger partial charge >= 0.3 is 11.9 Å². The highest BCUT2D eigenvalue weighted by atomic mass is 80.0. The van der Waals surface area contributed by atoms with E-state index in [-0.39, 0.29) is 32.2 Å². The number of halogens is 3. The second-order valence-electron chi connectivity index (χ2n) is 3.47. The lowest BCUT2D eigenvalue weighted by Gasteiger charge is -2.26. The van der Waals surface area contributed by atoms with Crippen molar-refractivity contribution in [3.63, 3.8) is 0 Å². The highest BCUT2D eigenvalue weighted by Crippen LogP contribution is 2.35. The van der Waals surface area contributed by atoms with Crippen molar-refractivity contribution < 1.29 is 23.9 Å². The molecular weight excluding hydrogens is 454 g/mol. The summed E-state index contributed by atoms with van der Waals surface area (Å²) >= 11 is 9.34. The fourth-order valence-electron chi connectivity index (χ4n) is 1.09. The number of carbonyl (C=O) groups excluding carboxylic acids is 3. The number of ether oxygens (including phenoxy) is 2. The minimum Gasteiger partial charge on any atom is -0.464 e. The van der Waals surface area contributed by atoms with Crippen molar-refractivity contribution in [3.8, 4) is 0 Å². The van der Waals surface area contributed by atoms with Crippen molar-refractivity contribution in [2.75, 3.05) is 26.3 Å². The smallest absolute Gasteiger partial charge is 0.302 e. The lowest BCUT2D eigenvalue weighted by molar-refractivity contribution is -0.145. The van der Waals surface area contributed by atoms with Gasteiger partial charge < -0.3 is 14.4 Å². The number of nitrogens with zero attached hydrogens (tertiary/aromatic N) is 1. The number of hydrogen-bond acceptors (Lipinski definition) is 5. The third kappa shape index (κ3) is 9.39. The molecule has 0 aliphatic rings. The molecule has 0 unspecified atom stereocenters. The van der Waals surface area contributed by atoms with Crippen molar-refractivity contribution in [2.45, 2.75) is 16.0 Å². The van der Waals surface area contributed by atoms with Crippen LogP contribution < -0.4 is 0 Å². The van der Waals surface area contributed by atoms with Gasteiger partial charge in [0.05, 0.1) is 13.1 Å². The van der Waals surface area contributed by atoms with Crippen LogP contribution in [0.1, 0.15) is 13.8 Å². The number of rotatable bonds is 6. The maximum absolute atomic E-state index is 12.0. The predicted octanol–water partition coefficient (Wildman–Crippen LogP) is 1.78. The summed E-state index contributed by atoms with van der Waals surface area (Å²) in [4.78, 5) is 34.8. The van der Waals surface area contributed by atoms with E-state index in [4.69, 9.17) is 9.47 Å². The molecule has 9 heteroatoms. The first-order valence-corrected chi connectivity index (χ1v) is 7.65. The van der Waals surface area contributed by atoms with E-state index in [1.165, 1.54) is 18.7 Å². The molecule has 1 amide bonds. The Hall–Kier alpha value is -0.150. The third-order valence-corrected chi connectivity index (χ3v) is 2.88. The normalized spacial score (nSPS) is 10.8. The summed E-state index contributed by atoms with van der Waals surface area (Å²) < 4.78 is 8.45. The van der Waals surface area contributed by atoms with Crippen molar-refractivity contribution in [1.82, 2.24) is 4.90 Å². The fourth-order valence-corrected chi connectivity index (χ4v) is 1.85. The summed E-state index contributed by atoms with van der Waals surface area (Å²) in [5, 5.41) is 0. The van der Waals surface area contributed by atoms with Crippen molar-refractivity contribution in [2.24, 2.45) is 0 Å². The van der Waals surface area contributed by atoms with Crippen LogP contribution in [0.3, 0.4) is 0 Å². The number of esters is 2. The van der Waals surface area contributed by atoms with E-state index in [0.29, 0.717) is 0 Å². The van der Waals surface area contributed by atoms with Crippen LogP contribution in [-0.4, -0.2) is 51.2 Å². The van der Waals surface area contributed by atoms with Gasteiger partial charge in [-0.1, -0.05) is 0 Å².